The maximum atomic E-state index is 13.8. The van der Waals surface area contributed by atoms with E-state index >= 15 is 0 Å². The van der Waals surface area contributed by atoms with Crippen molar-refractivity contribution in [1.82, 2.24) is 4.90 Å². The summed E-state index contributed by atoms with van der Waals surface area (Å²) >= 11 is 14.2. The van der Waals surface area contributed by atoms with Gasteiger partial charge in [0.15, 0.2) is 9.75 Å². The van der Waals surface area contributed by atoms with Crippen molar-refractivity contribution in [3.05, 3.63) is 71.8 Å². The van der Waals surface area contributed by atoms with Gasteiger partial charge < -0.3 is 5.11 Å². The number of phenols is 1. The van der Waals surface area contributed by atoms with E-state index < -0.39 is 45.2 Å². The fourth-order valence-corrected chi connectivity index (χ4v) is 7.64. The highest BCUT2D eigenvalue weighted by molar-refractivity contribution is 6.53. The normalized spacial score (nSPS) is 35.5. The zero-order valence-electron chi connectivity index (χ0n) is 19.2. The molecule has 4 amide bonds. The molecule has 0 spiro atoms. The van der Waals surface area contributed by atoms with Crippen LogP contribution in [0.3, 0.4) is 0 Å². The number of para-hydroxylation sites is 1. The fourth-order valence-electron chi connectivity index (χ4n) is 6.62. The summed E-state index contributed by atoms with van der Waals surface area (Å²) in [6, 6.07) is 15.0. The Balaban J connectivity index is 1.52. The SMILES string of the molecule is CN1C(=O)[C@]2(Cl)C[C@@H]3C(=CC[C@@H]4C(=O)N(c5ccccc5)C(=O)[C@@H]43)[C@H](c3ccc(O)cc3)[C@]2(Cl)C1=O. The Labute approximate surface area is 217 Å². The average molecular weight is 525 g/mol. The lowest BCUT2D eigenvalue weighted by Gasteiger charge is -2.50. The molecule has 6 atom stereocenters. The molecule has 184 valence electrons. The summed E-state index contributed by atoms with van der Waals surface area (Å²) < 4.78 is 0. The van der Waals surface area contributed by atoms with Gasteiger partial charge in [0.2, 0.25) is 11.8 Å². The number of hydrogen-bond donors (Lipinski definition) is 1. The number of allylic oxidation sites excluding steroid dienone is 2. The smallest absolute Gasteiger partial charge is 0.253 e. The molecule has 9 heteroatoms. The molecule has 7 nitrogen and oxygen atoms in total. The van der Waals surface area contributed by atoms with Crippen LogP contribution in [0.2, 0.25) is 0 Å². The van der Waals surface area contributed by atoms with Crippen LogP contribution in [0.5, 0.6) is 5.75 Å². The van der Waals surface area contributed by atoms with Crippen molar-refractivity contribution < 1.29 is 24.3 Å². The molecule has 3 fully saturated rings. The highest BCUT2D eigenvalue weighted by atomic mass is 35.5. The number of benzene rings is 2. The first kappa shape index (κ1) is 23.3. The zero-order valence-corrected chi connectivity index (χ0v) is 20.7. The van der Waals surface area contributed by atoms with Crippen LogP contribution < -0.4 is 4.90 Å². The molecule has 2 aliphatic heterocycles. The van der Waals surface area contributed by atoms with Crippen molar-refractivity contribution in [1.29, 1.82) is 0 Å². The minimum Gasteiger partial charge on any atom is -0.508 e. The van der Waals surface area contributed by atoms with Gasteiger partial charge >= 0.3 is 0 Å². The zero-order chi connectivity index (χ0) is 25.6. The van der Waals surface area contributed by atoms with E-state index in [0.29, 0.717) is 17.7 Å². The van der Waals surface area contributed by atoms with Crippen LogP contribution >= 0.6 is 23.2 Å². The highest BCUT2D eigenvalue weighted by Crippen LogP contribution is 2.65. The summed E-state index contributed by atoms with van der Waals surface area (Å²) in [4.78, 5) is 52.6. The second kappa shape index (κ2) is 7.67. The average Bonchev–Trinajstić information content (AvgIpc) is 3.20. The Bertz CT molecular complexity index is 1360. The van der Waals surface area contributed by atoms with Gasteiger partial charge in [0.1, 0.15) is 5.75 Å². The van der Waals surface area contributed by atoms with Crippen LogP contribution in [0.25, 0.3) is 0 Å². The summed E-state index contributed by atoms with van der Waals surface area (Å²) in [6.07, 6.45) is 2.15. The van der Waals surface area contributed by atoms with E-state index in [2.05, 4.69) is 0 Å². The van der Waals surface area contributed by atoms with E-state index in [1.165, 1.54) is 24.1 Å². The second-order valence-electron chi connectivity index (χ2n) is 9.94. The number of hydrogen-bond acceptors (Lipinski definition) is 5. The molecule has 2 aromatic carbocycles. The Kier molecular flexibility index (Phi) is 4.95. The van der Waals surface area contributed by atoms with Gasteiger partial charge in [-0.2, -0.15) is 0 Å². The topological polar surface area (TPSA) is 95.0 Å². The van der Waals surface area contributed by atoms with Gasteiger partial charge in [-0.3, -0.25) is 29.0 Å². The van der Waals surface area contributed by atoms with Crippen molar-refractivity contribution in [2.24, 2.45) is 17.8 Å². The van der Waals surface area contributed by atoms with E-state index in [9.17, 15) is 24.3 Å². The lowest BCUT2D eigenvalue weighted by Crippen LogP contribution is -2.60. The molecule has 2 heterocycles. The van der Waals surface area contributed by atoms with E-state index in [-0.39, 0.29) is 24.0 Å². The number of anilines is 1. The monoisotopic (exact) mass is 524 g/mol. The number of imide groups is 2. The maximum Gasteiger partial charge on any atom is 0.253 e. The first-order valence-corrected chi connectivity index (χ1v) is 12.5. The number of alkyl halides is 2. The number of nitrogens with zero attached hydrogens (tertiary/aromatic N) is 2. The highest BCUT2D eigenvalue weighted by Gasteiger charge is 2.75. The van der Waals surface area contributed by atoms with Crippen molar-refractivity contribution in [2.75, 3.05) is 11.9 Å². The molecule has 2 aromatic rings. The Hall–Kier alpha value is -3.16. The van der Waals surface area contributed by atoms with Gasteiger partial charge in [0.05, 0.1) is 17.5 Å². The molecule has 2 aliphatic carbocycles. The van der Waals surface area contributed by atoms with Crippen molar-refractivity contribution in [2.45, 2.75) is 28.5 Å². The van der Waals surface area contributed by atoms with Crippen LogP contribution in [0.1, 0.15) is 24.3 Å². The second-order valence-corrected chi connectivity index (χ2v) is 11.2. The Morgan fingerprint density at radius 1 is 0.889 bits per heavy atom. The van der Waals surface area contributed by atoms with E-state index in [1.807, 2.05) is 6.08 Å². The fraction of sp³-hybridized carbons (Fsp3) is 0.333. The van der Waals surface area contributed by atoms with Gasteiger partial charge in [-0.15, -0.1) is 23.2 Å². The number of rotatable bonds is 2. The minimum absolute atomic E-state index is 0.0329. The minimum atomic E-state index is -1.82. The number of amides is 4. The molecular weight excluding hydrogens is 503 g/mol. The number of fused-ring (bicyclic) bond motifs is 4. The number of halogens is 2. The summed E-state index contributed by atoms with van der Waals surface area (Å²) in [7, 11) is 1.35. The van der Waals surface area contributed by atoms with Crippen molar-refractivity contribution in [3.63, 3.8) is 0 Å². The van der Waals surface area contributed by atoms with Gasteiger partial charge in [-0.1, -0.05) is 42.0 Å². The van der Waals surface area contributed by atoms with E-state index in [4.69, 9.17) is 23.2 Å². The molecule has 1 saturated carbocycles. The summed E-state index contributed by atoms with van der Waals surface area (Å²) in [5.41, 5.74) is 1.81. The molecule has 6 rings (SSSR count). The van der Waals surface area contributed by atoms with E-state index in [0.717, 1.165) is 10.5 Å². The number of likely N-dealkylation sites (tertiary alicyclic amines) is 1. The van der Waals surface area contributed by atoms with Gasteiger partial charge in [-0.25, -0.2) is 0 Å². The Morgan fingerprint density at radius 2 is 1.56 bits per heavy atom. The molecule has 0 bridgehead atoms. The molecule has 36 heavy (non-hydrogen) atoms. The standard InChI is InChI=1S/C27H22Cl2N2O5/c1-30-24(35)26(28)13-19-17(21(27(26,29)25(30)36)14-7-9-16(32)10-8-14)11-12-18-20(19)23(34)31(22(18)33)15-5-3-2-4-6-15/h2-11,18-21,32H,12-13H2,1H3/t18-,19+,20-,21-,26+,27-/m0/s1. The number of aromatic hydroxyl groups is 1. The lowest BCUT2D eigenvalue weighted by atomic mass is 9.56. The van der Waals surface area contributed by atoms with Crippen LogP contribution in [0.15, 0.2) is 66.2 Å². The molecule has 4 aliphatic rings. The van der Waals surface area contributed by atoms with Crippen LogP contribution in [0.4, 0.5) is 5.69 Å². The largest absolute Gasteiger partial charge is 0.508 e. The van der Waals surface area contributed by atoms with Gasteiger partial charge in [0.25, 0.3) is 11.8 Å². The third-order valence-electron chi connectivity index (χ3n) is 8.26. The van der Waals surface area contributed by atoms with Crippen LogP contribution in [-0.2, 0) is 19.2 Å². The third-order valence-corrected chi connectivity index (χ3v) is 9.67. The first-order chi connectivity index (χ1) is 17.1. The summed E-state index contributed by atoms with van der Waals surface area (Å²) in [6.45, 7) is 0. The Morgan fingerprint density at radius 3 is 2.22 bits per heavy atom. The molecule has 0 radical (unpaired) electrons. The van der Waals surface area contributed by atoms with E-state index in [1.54, 1.807) is 42.5 Å². The quantitative estimate of drug-likeness (QED) is 0.368. The van der Waals surface area contributed by atoms with Crippen LogP contribution in [-0.4, -0.2) is 50.4 Å². The summed E-state index contributed by atoms with van der Waals surface area (Å²) in [5.74, 6) is -4.55. The molecule has 0 unspecified atom stereocenters. The third kappa shape index (κ3) is 2.75. The number of carbonyl (C=O) groups excluding carboxylic acids is 4. The number of carbonyl (C=O) groups is 4. The van der Waals surface area contributed by atoms with Crippen molar-refractivity contribution in [3.8, 4) is 5.75 Å². The van der Waals surface area contributed by atoms with Gasteiger partial charge in [0, 0.05) is 13.0 Å². The summed E-state index contributed by atoms with van der Waals surface area (Å²) in [5, 5.41) is 9.86. The van der Waals surface area contributed by atoms with Crippen LogP contribution in [0, 0.1) is 17.8 Å². The maximum absolute atomic E-state index is 13.8. The van der Waals surface area contributed by atoms with Gasteiger partial charge in [-0.05, 0) is 48.6 Å². The molecule has 0 aromatic heterocycles. The predicted molar refractivity (Wildman–Crippen MR) is 133 cm³/mol. The molecule has 1 N–H and O–H groups in total. The van der Waals surface area contributed by atoms with Crippen molar-refractivity contribution >= 4 is 52.5 Å². The number of phenolic OH excluding ortho intramolecular Hbond substituents is 1. The molecular formula is C27H22Cl2N2O5. The lowest BCUT2D eigenvalue weighted by molar-refractivity contribution is -0.138. The predicted octanol–water partition coefficient (Wildman–Crippen LogP) is 3.59. The first-order valence-electron chi connectivity index (χ1n) is 11.7. The molecule has 2 saturated heterocycles.